The summed E-state index contributed by atoms with van der Waals surface area (Å²) in [5, 5.41) is 6.00. The van der Waals surface area contributed by atoms with Gasteiger partial charge in [-0.25, -0.2) is 4.39 Å². The van der Waals surface area contributed by atoms with Gasteiger partial charge in [-0.1, -0.05) is 26.0 Å². The van der Waals surface area contributed by atoms with Gasteiger partial charge in [-0.2, -0.15) is 0 Å². The number of hydrogen-bond acceptors (Lipinski definition) is 2. The summed E-state index contributed by atoms with van der Waals surface area (Å²) in [6, 6.07) is 6.49. The zero-order chi connectivity index (χ0) is 16.5. The number of nitrogens with zero attached hydrogens (tertiary/aromatic N) is 2. The second-order valence-corrected chi connectivity index (χ2v) is 5.41. The van der Waals surface area contributed by atoms with E-state index in [2.05, 4.69) is 15.6 Å². The molecular weight excluding hydrogens is 410 g/mol. The van der Waals surface area contributed by atoms with E-state index in [0.717, 1.165) is 5.56 Å². The highest BCUT2D eigenvalue weighted by Crippen LogP contribution is 2.06. The maximum atomic E-state index is 13.2. The average Bonchev–Trinajstić information content (AvgIpc) is 2.46. The first-order valence-corrected chi connectivity index (χ1v) is 7.38. The molecule has 0 aliphatic carbocycles. The summed E-state index contributed by atoms with van der Waals surface area (Å²) in [5.41, 5.74) is 0.874. The summed E-state index contributed by atoms with van der Waals surface area (Å²) in [7, 11) is 3.57. The van der Waals surface area contributed by atoms with Gasteiger partial charge < -0.3 is 15.5 Å². The van der Waals surface area contributed by atoms with Crippen LogP contribution in [-0.4, -0.2) is 44.0 Å². The second kappa shape index (κ2) is 11.2. The van der Waals surface area contributed by atoms with Crippen LogP contribution in [0.25, 0.3) is 0 Å². The Kier molecular flexibility index (Phi) is 10.5. The SMILES string of the molecule is CN=C(NCCNC(=O)C(C)C)N(C)Cc1cccc(F)c1.I. The number of aliphatic imine (C=N–C) groups is 1. The van der Waals surface area contributed by atoms with Crippen molar-refractivity contribution in [2.75, 3.05) is 27.2 Å². The van der Waals surface area contributed by atoms with Crippen molar-refractivity contribution in [2.45, 2.75) is 20.4 Å². The highest BCUT2D eigenvalue weighted by molar-refractivity contribution is 14.0. The summed E-state index contributed by atoms with van der Waals surface area (Å²) in [6.07, 6.45) is 0. The molecule has 2 N–H and O–H groups in total. The fourth-order valence-corrected chi connectivity index (χ4v) is 1.93. The van der Waals surface area contributed by atoms with Crippen LogP contribution >= 0.6 is 24.0 Å². The van der Waals surface area contributed by atoms with Crippen molar-refractivity contribution in [1.82, 2.24) is 15.5 Å². The van der Waals surface area contributed by atoms with Crippen molar-refractivity contribution in [3.63, 3.8) is 0 Å². The van der Waals surface area contributed by atoms with E-state index in [4.69, 9.17) is 0 Å². The third kappa shape index (κ3) is 8.15. The third-order valence-electron chi connectivity index (χ3n) is 3.11. The topological polar surface area (TPSA) is 56.7 Å². The predicted octanol–water partition coefficient (Wildman–Crippen LogP) is 2.22. The van der Waals surface area contributed by atoms with Crippen LogP contribution in [0, 0.1) is 11.7 Å². The zero-order valence-corrected chi connectivity index (χ0v) is 16.4. The summed E-state index contributed by atoms with van der Waals surface area (Å²) in [6.45, 7) is 5.38. The second-order valence-electron chi connectivity index (χ2n) is 5.41. The lowest BCUT2D eigenvalue weighted by Gasteiger charge is -2.22. The molecule has 0 spiro atoms. The number of carbonyl (C=O) groups excluding carboxylic acids is 1. The Morgan fingerprint density at radius 2 is 1.96 bits per heavy atom. The van der Waals surface area contributed by atoms with Crippen LogP contribution in [0.1, 0.15) is 19.4 Å². The van der Waals surface area contributed by atoms with Gasteiger partial charge in [0.15, 0.2) is 5.96 Å². The van der Waals surface area contributed by atoms with E-state index in [-0.39, 0.29) is 41.6 Å². The van der Waals surface area contributed by atoms with Crippen molar-refractivity contribution in [3.8, 4) is 0 Å². The van der Waals surface area contributed by atoms with Crippen LogP contribution in [0.15, 0.2) is 29.3 Å². The Bertz CT molecular complexity index is 523. The molecule has 0 heterocycles. The fourth-order valence-electron chi connectivity index (χ4n) is 1.93. The molecule has 1 rings (SSSR count). The molecule has 0 aliphatic rings. The van der Waals surface area contributed by atoms with Gasteiger partial charge in [0, 0.05) is 39.6 Å². The van der Waals surface area contributed by atoms with Gasteiger partial charge in [0.05, 0.1) is 0 Å². The van der Waals surface area contributed by atoms with Crippen LogP contribution in [0.4, 0.5) is 4.39 Å². The summed E-state index contributed by atoms with van der Waals surface area (Å²) in [4.78, 5) is 17.5. The quantitative estimate of drug-likeness (QED) is 0.311. The molecule has 1 aromatic carbocycles. The van der Waals surface area contributed by atoms with Crippen LogP contribution in [0.2, 0.25) is 0 Å². The Labute approximate surface area is 154 Å². The molecular formula is C16H26FIN4O. The molecule has 130 valence electrons. The van der Waals surface area contributed by atoms with Crippen molar-refractivity contribution in [1.29, 1.82) is 0 Å². The Hall–Kier alpha value is -1.38. The monoisotopic (exact) mass is 436 g/mol. The first-order chi connectivity index (χ1) is 10.4. The normalized spacial score (nSPS) is 11.0. The highest BCUT2D eigenvalue weighted by atomic mass is 127. The van der Waals surface area contributed by atoms with Gasteiger partial charge in [-0.3, -0.25) is 9.79 Å². The van der Waals surface area contributed by atoms with E-state index >= 15 is 0 Å². The molecule has 0 bridgehead atoms. The van der Waals surface area contributed by atoms with E-state index < -0.39 is 0 Å². The Morgan fingerprint density at radius 3 is 2.52 bits per heavy atom. The number of rotatable bonds is 6. The molecule has 23 heavy (non-hydrogen) atoms. The van der Waals surface area contributed by atoms with Gasteiger partial charge in [-0.15, -0.1) is 24.0 Å². The van der Waals surface area contributed by atoms with Crippen molar-refractivity contribution >= 4 is 35.8 Å². The lowest BCUT2D eigenvalue weighted by Crippen LogP contribution is -2.42. The first kappa shape index (κ1) is 21.6. The summed E-state index contributed by atoms with van der Waals surface area (Å²) >= 11 is 0. The van der Waals surface area contributed by atoms with Gasteiger partial charge in [0.25, 0.3) is 0 Å². The molecule has 0 aromatic heterocycles. The summed E-state index contributed by atoms with van der Waals surface area (Å²) in [5.74, 6) is 0.466. The van der Waals surface area contributed by atoms with E-state index in [1.165, 1.54) is 12.1 Å². The largest absolute Gasteiger partial charge is 0.354 e. The number of carbonyl (C=O) groups is 1. The van der Waals surface area contributed by atoms with E-state index in [0.29, 0.717) is 25.6 Å². The molecule has 0 fully saturated rings. The first-order valence-electron chi connectivity index (χ1n) is 7.38. The molecule has 0 unspecified atom stereocenters. The number of nitrogens with one attached hydrogen (secondary N) is 2. The molecule has 5 nitrogen and oxygen atoms in total. The molecule has 7 heteroatoms. The molecule has 0 saturated carbocycles. The fraction of sp³-hybridized carbons (Fsp3) is 0.500. The highest BCUT2D eigenvalue weighted by Gasteiger charge is 2.08. The van der Waals surface area contributed by atoms with Crippen LogP contribution in [-0.2, 0) is 11.3 Å². The number of hydrogen-bond donors (Lipinski definition) is 2. The molecule has 1 aromatic rings. The van der Waals surface area contributed by atoms with Gasteiger partial charge in [0.2, 0.25) is 5.91 Å². The zero-order valence-electron chi connectivity index (χ0n) is 14.1. The lowest BCUT2D eigenvalue weighted by atomic mass is 10.2. The van der Waals surface area contributed by atoms with Crippen molar-refractivity contribution < 1.29 is 9.18 Å². The Balaban J connectivity index is 0.00000484. The maximum Gasteiger partial charge on any atom is 0.222 e. The standard InChI is InChI=1S/C16H25FN4O.HI/c1-12(2)15(22)19-8-9-20-16(18-3)21(4)11-13-6-5-7-14(17)10-13;/h5-7,10,12H,8-9,11H2,1-4H3,(H,18,20)(H,19,22);1H. The summed E-state index contributed by atoms with van der Waals surface area (Å²) < 4.78 is 13.2. The van der Waals surface area contributed by atoms with E-state index in [1.54, 1.807) is 13.1 Å². The van der Waals surface area contributed by atoms with Gasteiger partial charge >= 0.3 is 0 Å². The molecule has 0 radical (unpaired) electrons. The lowest BCUT2D eigenvalue weighted by molar-refractivity contribution is -0.123. The minimum Gasteiger partial charge on any atom is -0.354 e. The predicted molar refractivity (Wildman–Crippen MR) is 102 cm³/mol. The molecule has 1 amide bonds. The number of benzene rings is 1. The van der Waals surface area contributed by atoms with E-state index in [9.17, 15) is 9.18 Å². The van der Waals surface area contributed by atoms with Crippen LogP contribution in [0.5, 0.6) is 0 Å². The van der Waals surface area contributed by atoms with Gasteiger partial charge in [0.1, 0.15) is 5.82 Å². The Morgan fingerprint density at radius 1 is 1.30 bits per heavy atom. The molecule has 0 saturated heterocycles. The maximum absolute atomic E-state index is 13.2. The number of guanidine groups is 1. The number of amides is 1. The van der Waals surface area contributed by atoms with Crippen LogP contribution in [0.3, 0.4) is 0 Å². The third-order valence-corrected chi connectivity index (χ3v) is 3.11. The molecule has 0 atom stereocenters. The minimum atomic E-state index is -0.245. The van der Waals surface area contributed by atoms with Crippen molar-refractivity contribution in [3.05, 3.63) is 35.6 Å². The van der Waals surface area contributed by atoms with Gasteiger partial charge in [-0.05, 0) is 17.7 Å². The van der Waals surface area contributed by atoms with Crippen LogP contribution < -0.4 is 10.6 Å². The molecule has 0 aliphatic heterocycles. The number of halogens is 2. The minimum absolute atomic E-state index is 0. The van der Waals surface area contributed by atoms with E-state index in [1.807, 2.05) is 31.9 Å². The van der Waals surface area contributed by atoms with Crippen molar-refractivity contribution in [2.24, 2.45) is 10.9 Å². The smallest absolute Gasteiger partial charge is 0.222 e. The average molecular weight is 436 g/mol.